The van der Waals surface area contributed by atoms with Crippen molar-refractivity contribution in [2.24, 2.45) is 16.0 Å². The normalized spacial score (nSPS) is 17.0. The van der Waals surface area contributed by atoms with Crippen LogP contribution in [0.25, 0.3) is 31.8 Å². The van der Waals surface area contributed by atoms with Gasteiger partial charge >= 0.3 is 24.1 Å². The molecule has 3 aliphatic rings. The van der Waals surface area contributed by atoms with Gasteiger partial charge in [-0.1, -0.05) is 119 Å². The fraction of sp³-hybridized carbons (Fsp3) is 0.529. The second kappa shape index (κ2) is 40.9. The van der Waals surface area contributed by atoms with Crippen LogP contribution in [0.5, 0.6) is 0 Å². The molecule has 4 aromatic rings. The van der Waals surface area contributed by atoms with Crippen molar-refractivity contribution in [1.82, 2.24) is 56.5 Å². The Kier molecular flexibility index (Phi) is 32.1. The summed E-state index contributed by atoms with van der Waals surface area (Å²) in [5, 5.41) is 33.9. The SMILES string of the molecule is CN(C)CCCC[C@H](NC(=O)[C@H](CSSC(C)(C)C)NC(=O)OCc1ccc(N=[N+]=[N-])cc1)C(=O)N[C@@H](Cc1c[nH]c2ccccc12)C(=O)OCC(=O)N1CCC[C@H]1C(=O)N[C@@H](CCCCNC(=O)[C@@H]1CSCN1C(=O)OCc1ccc(N=[N+]=[N-])cc1)C(=O)N[C@@H](CC(=O)O)C(=O)N1CCC[C@H]1C(N)=O. The maximum absolute atomic E-state index is 14.8. The van der Waals surface area contributed by atoms with Gasteiger partial charge in [0, 0.05) is 80.6 Å². The van der Waals surface area contributed by atoms with Gasteiger partial charge in [0.05, 0.1) is 12.3 Å². The Hall–Kier alpha value is -9.93. The zero-order valence-electron chi connectivity index (χ0n) is 59.0. The van der Waals surface area contributed by atoms with E-state index in [9.17, 15) is 62.6 Å². The number of hydrogen-bond donors (Lipinski definition) is 9. The number of esters is 1. The van der Waals surface area contributed by atoms with Crippen molar-refractivity contribution in [2.75, 3.05) is 64.3 Å². The number of aromatic amines is 1. The third-order valence-electron chi connectivity index (χ3n) is 17.1. The van der Waals surface area contributed by atoms with Crippen molar-refractivity contribution < 1.29 is 76.9 Å². The minimum Gasteiger partial charge on any atom is -0.481 e. The van der Waals surface area contributed by atoms with Crippen LogP contribution in [0.1, 0.15) is 108 Å². The lowest BCUT2D eigenvalue weighted by atomic mass is 10.0. The van der Waals surface area contributed by atoms with Crippen LogP contribution in [-0.2, 0) is 81.8 Å². The molecule has 8 atom stereocenters. The third kappa shape index (κ3) is 26.0. The van der Waals surface area contributed by atoms with Crippen molar-refractivity contribution in [3.63, 3.8) is 0 Å². The summed E-state index contributed by atoms with van der Waals surface area (Å²) < 4.78 is 16.4. The Bertz CT molecular complexity index is 3830. The number of ether oxygens (including phenoxy) is 3. The fourth-order valence-electron chi connectivity index (χ4n) is 11.8. The molecule has 0 bridgehead atoms. The Morgan fingerprint density at radius 2 is 1.29 bits per heavy atom. The number of alkyl carbamates (subject to hydrolysis) is 1. The second-order valence-corrected chi connectivity index (χ2v) is 30.6. The van der Waals surface area contributed by atoms with Crippen LogP contribution in [0.4, 0.5) is 21.0 Å². The number of aromatic nitrogens is 1. The highest BCUT2D eigenvalue weighted by Gasteiger charge is 2.42. The molecule has 105 heavy (non-hydrogen) atoms. The Morgan fingerprint density at radius 1 is 0.695 bits per heavy atom. The number of hydrogen-bond acceptors (Lipinski definition) is 21. The average molecular weight is 1510 g/mol. The molecule has 0 spiro atoms. The summed E-state index contributed by atoms with van der Waals surface area (Å²) in [6, 6.07) is 9.49. The maximum atomic E-state index is 14.8. The third-order valence-corrected chi connectivity index (χ3v) is 21.5. The van der Waals surface area contributed by atoms with Gasteiger partial charge in [0.1, 0.15) is 61.5 Å². The first-order valence-electron chi connectivity index (χ1n) is 34.2. The number of benzene rings is 3. The number of aliphatic carboxylic acids is 1. The molecule has 10 N–H and O–H groups in total. The number of thioether (sulfide) groups is 1. The molecule has 3 aromatic carbocycles. The summed E-state index contributed by atoms with van der Waals surface area (Å²) in [6.07, 6.45) is 1.17. The van der Waals surface area contributed by atoms with E-state index >= 15 is 0 Å². The number of nitrogens with zero attached hydrogens (tertiary/aromatic N) is 10. The van der Waals surface area contributed by atoms with E-state index in [-0.39, 0.29) is 106 Å². The Labute approximate surface area is 618 Å². The van der Waals surface area contributed by atoms with E-state index in [1.54, 1.807) is 66.9 Å². The molecule has 566 valence electrons. The molecule has 10 amide bonds. The average Bonchev–Trinajstić information content (AvgIpc) is 1.73. The van der Waals surface area contributed by atoms with Crippen LogP contribution in [0.3, 0.4) is 0 Å². The van der Waals surface area contributed by atoms with Gasteiger partial charge in [-0.25, -0.2) is 14.4 Å². The Balaban J connectivity index is 1.04. The highest BCUT2D eigenvalue weighted by atomic mass is 33.1. The number of carboxylic acid groups (broad SMARTS) is 1. The van der Waals surface area contributed by atoms with Crippen molar-refractivity contribution in [3.05, 3.63) is 117 Å². The van der Waals surface area contributed by atoms with E-state index in [0.29, 0.717) is 64.8 Å². The number of likely N-dealkylation sites (tertiary alicyclic amines) is 2. The van der Waals surface area contributed by atoms with Crippen LogP contribution in [-0.4, -0.2) is 218 Å². The molecular formula is C68H90N18O16S3. The molecule has 0 saturated carbocycles. The zero-order valence-corrected chi connectivity index (χ0v) is 61.5. The molecule has 4 heterocycles. The minimum absolute atomic E-state index is 0.000720. The van der Waals surface area contributed by atoms with Crippen molar-refractivity contribution in [1.29, 1.82) is 0 Å². The van der Waals surface area contributed by atoms with Gasteiger partial charge in [-0.2, -0.15) is 0 Å². The first-order valence-corrected chi connectivity index (χ1v) is 37.7. The predicted molar refractivity (Wildman–Crippen MR) is 391 cm³/mol. The van der Waals surface area contributed by atoms with Gasteiger partial charge in [0.25, 0.3) is 5.91 Å². The zero-order chi connectivity index (χ0) is 76.2. The van der Waals surface area contributed by atoms with E-state index in [4.69, 9.17) is 31.0 Å². The molecule has 0 radical (unpaired) electrons. The lowest BCUT2D eigenvalue weighted by Crippen LogP contribution is -2.58. The summed E-state index contributed by atoms with van der Waals surface area (Å²) >= 11 is 1.34. The lowest BCUT2D eigenvalue weighted by Gasteiger charge is -2.29. The van der Waals surface area contributed by atoms with Crippen molar-refractivity contribution in [3.8, 4) is 0 Å². The van der Waals surface area contributed by atoms with Gasteiger partial charge in [0.15, 0.2) is 6.61 Å². The molecule has 3 fully saturated rings. The minimum atomic E-state index is -1.71. The second-order valence-electron chi connectivity index (χ2n) is 26.4. The van der Waals surface area contributed by atoms with Crippen LogP contribution < -0.4 is 37.6 Å². The first-order chi connectivity index (χ1) is 50.2. The molecule has 34 nitrogen and oxygen atoms in total. The van der Waals surface area contributed by atoms with Gasteiger partial charge in [-0.3, -0.25) is 48.1 Å². The number of unbranched alkanes of at least 4 members (excludes halogenated alkanes) is 2. The number of H-pyrrole nitrogens is 1. The molecule has 37 heteroatoms. The van der Waals surface area contributed by atoms with E-state index < -0.39 is 133 Å². The highest BCUT2D eigenvalue weighted by molar-refractivity contribution is 8.77. The van der Waals surface area contributed by atoms with Gasteiger partial charge in [-0.15, -0.1) is 11.8 Å². The van der Waals surface area contributed by atoms with Gasteiger partial charge < -0.3 is 76.6 Å². The van der Waals surface area contributed by atoms with E-state index in [2.05, 4.69) is 56.9 Å². The number of para-hydroxylation sites is 1. The topological polar surface area (TPSA) is 477 Å². The standard InChI is InChI=1S/C68H90N18O16S3/c1-68(2,3)105-104-38-52(78-66(98)101-35-41-20-24-44(25-21-41)79-81-70)61(93)74-48(17-9-11-29-83(4)5)60(92)77-51(32-43-34-73-47-15-7-6-14-46(43)47)65(97)100-37-56(87)84-30-13-19-54(84)63(95)75-49(59(91)76-50(33-57(88)89)64(96)85-31-12-18-53(85)58(69)90)16-8-10-28-72-62(94)55-39-103-40-86(55)67(99)102-36-42-22-26-45(27-23-42)80-82-71/h6-7,14-15,20-27,34,48-55,73H,8-13,16-19,28-33,35-40H2,1-5H3,(H2,69,90)(H,72,94)(H,74,93)(H,75,95)(H,76,91)(H,77,92)(H,78,98)(H,88,89)/t48-,49-,50-,51-,52-,53-,54-,55-/m0/s1. The molecule has 7 rings (SSSR count). The van der Waals surface area contributed by atoms with E-state index in [1.807, 2.05) is 51.9 Å². The van der Waals surface area contributed by atoms with Crippen molar-refractivity contribution in [2.45, 2.75) is 164 Å². The largest absolute Gasteiger partial charge is 0.481 e. The summed E-state index contributed by atoms with van der Waals surface area (Å²) in [5.74, 6) is -8.38. The molecule has 0 unspecified atom stereocenters. The Morgan fingerprint density at radius 3 is 1.91 bits per heavy atom. The molecular weight excluding hydrogens is 1420 g/mol. The number of carbonyl (C=O) groups excluding carboxylic acids is 11. The lowest BCUT2D eigenvalue weighted by molar-refractivity contribution is -0.155. The van der Waals surface area contributed by atoms with E-state index in [0.717, 1.165) is 4.90 Å². The summed E-state index contributed by atoms with van der Waals surface area (Å²) in [6.45, 7) is 5.42. The van der Waals surface area contributed by atoms with Crippen LogP contribution in [0.2, 0.25) is 0 Å². The molecule has 3 aliphatic heterocycles. The summed E-state index contributed by atoms with van der Waals surface area (Å²) in [7, 11) is 6.55. The number of primary amides is 1. The number of nitrogens with one attached hydrogen (secondary N) is 7. The van der Waals surface area contributed by atoms with E-state index in [1.165, 1.54) is 43.1 Å². The smallest absolute Gasteiger partial charge is 0.411 e. The number of rotatable bonds is 38. The van der Waals surface area contributed by atoms with Gasteiger partial charge in [0.2, 0.25) is 41.4 Å². The predicted octanol–water partition coefficient (Wildman–Crippen LogP) is 6.22. The number of nitrogens with two attached hydrogens (primary N) is 1. The number of fused-ring (bicyclic) bond motifs is 1. The number of carbonyl (C=O) groups is 12. The number of carboxylic acids is 1. The van der Waals surface area contributed by atoms with Crippen LogP contribution in [0, 0.1) is 0 Å². The fourth-order valence-corrected chi connectivity index (χ4v) is 15.4. The molecule has 3 saturated heterocycles. The summed E-state index contributed by atoms with van der Waals surface area (Å²) in [5.41, 5.74) is 26.3. The van der Waals surface area contributed by atoms with Gasteiger partial charge in [-0.05, 0) is 119 Å². The number of azide groups is 2. The summed E-state index contributed by atoms with van der Waals surface area (Å²) in [4.78, 5) is 180. The van der Waals surface area contributed by atoms with Crippen LogP contribution >= 0.6 is 33.3 Å². The van der Waals surface area contributed by atoms with Crippen LogP contribution in [0.15, 0.2) is 89.2 Å². The van der Waals surface area contributed by atoms with Crippen molar-refractivity contribution >= 4 is 127 Å². The monoisotopic (exact) mass is 1510 g/mol. The molecule has 0 aliphatic carbocycles. The first kappa shape index (κ1) is 82.4. The number of amides is 10. The molecule has 1 aromatic heterocycles. The highest BCUT2D eigenvalue weighted by Crippen LogP contribution is 2.35. The quantitative estimate of drug-likeness (QED) is 0.00457. The maximum Gasteiger partial charge on any atom is 0.411 e.